The van der Waals surface area contributed by atoms with Crippen LogP contribution < -0.4 is 10.2 Å². The van der Waals surface area contributed by atoms with Gasteiger partial charge in [-0.3, -0.25) is 9.89 Å². The largest absolute Gasteiger partial charge is 0.507 e. The fourth-order valence-electron chi connectivity index (χ4n) is 2.46. The van der Waals surface area contributed by atoms with Crippen molar-refractivity contribution in [1.82, 2.24) is 15.6 Å². The highest BCUT2D eigenvalue weighted by Gasteiger charge is 2.10. The van der Waals surface area contributed by atoms with Crippen LogP contribution in [0.25, 0.3) is 11.3 Å². The average Bonchev–Trinajstić information content (AvgIpc) is 3.20. The zero-order valence-corrected chi connectivity index (χ0v) is 15.6. The minimum atomic E-state index is -0.426. The van der Waals surface area contributed by atoms with E-state index in [0.717, 1.165) is 24.2 Å². The summed E-state index contributed by atoms with van der Waals surface area (Å²) >= 11 is 0. The van der Waals surface area contributed by atoms with Crippen molar-refractivity contribution in [3.05, 3.63) is 65.9 Å². The highest BCUT2D eigenvalue weighted by molar-refractivity contribution is 5.94. The minimum Gasteiger partial charge on any atom is -0.507 e. The molecule has 0 aliphatic carbocycles. The predicted octanol–water partition coefficient (Wildman–Crippen LogP) is 3.73. The van der Waals surface area contributed by atoms with E-state index in [0.29, 0.717) is 17.9 Å². The second-order valence-corrected chi connectivity index (χ2v) is 6.15. The smallest absolute Gasteiger partial charge is 0.289 e. The van der Waals surface area contributed by atoms with Gasteiger partial charge in [-0.1, -0.05) is 25.5 Å². The van der Waals surface area contributed by atoms with Crippen molar-refractivity contribution in [2.24, 2.45) is 5.10 Å². The van der Waals surface area contributed by atoms with Gasteiger partial charge in [0.25, 0.3) is 5.91 Å². The zero-order valence-electron chi connectivity index (χ0n) is 15.6. The molecule has 0 fully saturated rings. The van der Waals surface area contributed by atoms with Gasteiger partial charge in [0.05, 0.1) is 18.5 Å². The summed E-state index contributed by atoms with van der Waals surface area (Å²) in [5, 5.41) is 20.4. The summed E-state index contributed by atoms with van der Waals surface area (Å²) in [4.78, 5) is 12.2. The molecule has 0 atom stereocenters. The number of aromatic amines is 1. The van der Waals surface area contributed by atoms with E-state index in [1.807, 2.05) is 24.3 Å². The number of amides is 1. The number of carbonyl (C=O) groups excluding carboxylic acids is 1. The molecule has 0 spiro atoms. The Hall–Kier alpha value is -3.61. The van der Waals surface area contributed by atoms with Crippen LogP contribution in [0.2, 0.25) is 0 Å². The first-order chi connectivity index (χ1) is 13.7. The molecule has 1 heterocycles. The number of nitrogens with zero attached hydrogens (tertiary/aromatic N) is 2. The van der Waals surface area contributed by atoms with Gasteiger partial charge in [0.15, 0.2) is 0 Å². The van der Waals surface area contributed by atoms with E-state index in [2.05, 4.69) is 27.6 Å². The fraction of sp³-hybridized carbons (Fsp3) is 0.190. The Balaban J connectivity index is 1.60. The highest BCUT2D eigenvalue weighted by Crippen LogP contribution is 2.21. The maximum atomic E-state index is 12.2. The van der Waals surface area contributed by atoms with Crippen molar-refractivity contribution in [3.63, 3.8) is 0 Å². The Morgan fingerprint density at radius 1 is 1.25 bits per heavy atom. The summed E-state index contributed by atoms with van der Waals surface area (Å²) in [5.74, 6) is 0.473. The Kier molecular flexibility index (Phi) is 6.41. The summed E-state index contributed by atoms with van der Waals surface area (Å²) in [6.07, 6.45) is 3.49. The van der Waals surface area contributed by atoms with Crippen molar-refractivity contribution < 1.29 is 14.6 Å². The van der Waals surface area contributed by atoms with Gasteiger partial charge < -0.3 is 9.84 Å². The van der Waals surface area contributed by atoms with E-state index in [1.54, 1.807) is 30.3 Å². The minimum absolute atomic E-state index is 0.0893. The van der Waals surface area contributed by atoms with Crippen LogP contribution in [0.3, 0.4) is 0 Å². The van der Waals surface area contributed by atoms with Gasteiger partial charge in [-0.25, -0.2) is 5.43 Å². The maximum absolute atomic E-state index is 12.2. The third kappa shape index (κ3) is 4.97. The molecule has 1 amide bonds. The van der Waals surface area contributed by atoms with Crippen LogP contribution in [0.4, 0.5) is 0 Å². The molecule has 3 aromatic rings. The lowest BCUT2D eigenvalue weighted by atomic mass is 10.1. The third-order valence-electron chi connectivity index (χ3n) is 4.05. The fourth-order valence-corrected chi connectivity index (χ4v) is 2.46. The summed E-state index contributed by atoms with van der Waals surface area (Å²) in [5.41, 5.74) is 4.72. The van der Waals surface area contributed by atoms with Crippen LogP contribution >= 0.6 is 0 Å². The molecule has 0 aliphatic heterocycles. The number of hydrogen-bond acceptors (Lipinski definition) is 5. The molecule has 0 aliphatic rings. The molecule has 1 aromatic heterocycles. The lowest BCUT2D eigenvalue weighted by molar-refractivity contribution is 0.0950. The van der Waals surface area contributed by atoms with Crippen LogP contribution in [0, 0.1) is 0 Å². The van der Waals surface area contributed by atoms with Gasteiger partial charge in [0, 0.05) is 11.1 Å². The summed E-state index contributed by atoms with van der Waals surface area (Å²) < 4.78 is 5.64. The van der Waals surface area contributed by atoms with Crippen LogP contribution in [0.1, 0.15) is 35.8 Å². The van der Waals surface area contributed by atoms with Gasteiger partial charge in [0.1, 0.15) is 17.2 Å². The van der Waals surface area contributed by atoms with Gasteiger partial charge in [-0.15, -0.1) is 0 Å². The van der Waals surface area contributed by atoms with Crippen molar-refractivity contribution in [2.45, 2.75) is 19.8 Å². The first-order valence-electron chi connectivity index (χ1n) is 9.07. The number of nitrogens with one attached hydrogen (secondary N) is 2. The van der Waals surface area contributed by atoms with Gasteiger partial charge in [0.2, 0.25) is 0 Å². The van der Waals surface area contributed by atoms with E-state index >= 15 is 0 Å². The first-order valence-corrected chi connectivity index (χ1v) is 9.07. The van der Waals surface area contributed by atoms with Gasteiger partial charge in [-0.2, -0.15) is 10.2 Å². The van der Waals surface area contributed by atoms with Crippen molar-refractivity contribution in [2.75, 3.05) is 6.61 Å². The molecule has 0 radical (unpaired) electrons. The second kappa shape index (κ2) is 9.36. The summed E-state index contributed by atoms with van der Waals surface area (Å²) in [6.45, 7) is 2.82. The summed E-state index contributed by atoms with van der Waals surface area (Å²) in [6, 6.07) is 15.9. The number of unbranched alkanes of at least 4 members (excludes halogenated alkanes) is 1. The number of carbonyl (C=O) groups is 1. The lowest BCUT2D eigenvalue weighted by Crippen LogP contribution is -2.18. The number of hydrogen-bond donors (Lipinski definition) is 3. The average molecular weight is 378 g/mol. The molecule has 7 nitrogen and oxygen atoms in total. The first kappa shape index (κ1) is 19.2. The van der Waals surface area contributed by atoms with Crippen LogP contribution in [-0.4, -0.2) is 34.0 Å². The maximum Gasteiger partial charge on any atom is 0.289 e. The number of rotatable bonds is 8. The quantitative estimate of drug-likeness (QED) is 0.316. The molecule has 7 heteroatoms. The zero-order chi connectivity index (χ0) is 19.8. The van der Waals surface area contributed by atoms with Crippen LogP contribution in [0.5, 0.6) is 11.5 Å². The highest BCUT2D eigenvalue weighted by atomic mass is 16.5. The lowest BCUT2D eigenvalue weighted by Gasteiger charge is -2.05. The van der Waals surface area contributed by atoms with Crippen LogP contribution in [0.15, 0.2) is 59.7 Å². The predicted molar refractivity (Wildman–Crippen MR) is 108 cm³/mol. The molecule has 0 saturated carbocycles. The number of H-pyrrole nitrogens is 1. The molecular weight excluding hydrogens is 356 g/mol. The van der Waals surface area contributed by atoms with Crippen molar-refractivity contribution in [1.29, 1.82) is 0 Å². The van der Waals surface area contributed by atoms with E-state index in [4.69, 9.17) is 4.74 Å². The molecule has 3 rings (SSSR count). The standard InChI is InChI=1S/C21H22N4O3/c1-2-3-12-28-17-10-8-15(9-11-17)18-13-19(24-23-18)21(27)25-22-14-16-6-4-5-7-20(16)26/h4-11,13-14,26H,2-3,12H2,1H3,(H,23,24)(H,25,27)/b22-14+. The summed E-state index contributed by atoms with van der Waals surface area (Å²) in [7, 11) is 0. The molecule has 0 bridgehead atoms. The SMILES string of the molecule is CCCCOc1ccc(-c2cc(C(=O)N/N=C/c3ccccc3O)[nH]n2)cc1. The van der Waals surface area contributed by atoms with Crippen molar-refractivity contribution in [3.8, 4) is 22.8 Å². The molecule has 3 N–H and O–H groups in total. The number of phenols is 1. The number of aromatic nitrogens is 2. The molecule has 28 heavy (non-hydrogen) atoms. The van der Waals surface area contributed by atoms with Gasteiger partial charge >= 0.3 is 0 Å². The number of benzene rings is 2. The molecular formula is C21H22N4O3. The molecule has 0 unspecified atom stereocenters. The Bertz CT molecular complexity index is 948. The molecule has 2 aromatic carbocycles. The molecule has 0 saturated heterocycles. The van der Waals surface area contributed by atoms with Gasteiger partial charge in [-0.05, 0) is 48.9 Å². The monoisotopic (exact) mass is 378 g/mol. The number of ether oxygens (including phenoxy) is 1. The number of hydrazone groups is 1. The van der Waals surface area contributed by atoms with E-state index in [1.165, 1.54) is 6.21 Å². The topological polar surface area (TPSA) is 99.6 Å². The van der Waals surface area contributed by atoms with E-state index < -0.39 is 5.91 Å². The van der Waals surface area contributed by atoms with Crippen molar-refractivity contribution >= 4 is 12.1 Å². The Morgan fingerprint density at radius 3 is 2.79 bits per heavy atom. The van der Waals surface area contributed by atoms with E-state index in [-0.39, 0.29) is 11.4 Å². The molecule has 144 valence electrons. The number of aromatic hydroxyl groups is 1. The Labute approximate surface area is 163 Å². The van der Waals surface area contributed by atoms with Crippen LogP contribution in [-0.2, 0) is 0 Å². The Morgan fingerprint density at radius 2 is 2.04 bits per heavy atom. The normalized spacial score (nSPS) is 10.9. The van der Waals surface area contributed by atoms with E-state index in [9.17, 15) is 9.90 Å². The number of para-hydroxylation sites is 1. The third-order valence-corrected chi connectivity index (χ3v) is 4.05. The second-order valence-electron chi connectivity index (χ2n) is 6.15. The number of phenolic OH excluding ortho intramolecular Hbond substituents is 1.